The monoisotopic (exact) mass is 409 g/mol. The largest absolute Gasteiger partial charge is 0.491 e. The standard InChI is InChI=1S/C25H35N3O2/c1-5-6-7-9-17(2)27-23-13-12-20-16-21(23)25(26)24-11-8-10-22(28-24)19(4)29-15-14-18(3)30-20/h8,10-13,16-19,26-27H,5-7,9,14-15H2,1-4H3. The fraction of sp³-hybridized carbons (Fsp3) is 0.520. The summed E-state index contributed by atoms with van der Waals surface area (Å²) in [6.45, 7) is 9.09. The maximum Gasteiger partial charge on any atom is 0.120 e. The van der Waals surface area contributed by atoms with Crippen LogP contribution >= 0.6 is 0 Å². The van der Waals surface area contributed by atoms with Crippen molar-refractivity contribution in [1.82, 2.24) is 4.98 Å². The van der Waals surface area contributed by atoms with Crippen molar-refractivity contribution in [3.8, 4) is 5.75 Å². The molecule has 0 saturated heterocycles. The van der Waals surface area contributed by atoms with Crippen LogP contribution in [0.2, 0.25) is 0 Å². The molecule has 4 bridgehead atoms. The zero-order valence-corrected chi connectivity index (χ0v) is 18.7. The summed E-state index contributed by atoms with van der Waals surface area (Å²) in [5, 5.41) is 12.5. The zero-order valence-electron chi connectivity index (χ0n) is 18.7. The van der Waals surface area contributed by atoms with Crippen molar-refractivity contribution < 1.29 is 9.47 Å². The van der Waals surface area contributed by atoms with Crippen LogP contribution < -0.4 is 10.1 Å². The third-order valence-electron chi connectivity index (χ3n) is 5.58. The first kappa shape index (κ1) is 22.3. The Hall–Kier alpha value is -2.40. The molecule has 5 heteroatoms. The summed E-state index contributed by atoms with van der Waals surface area (Å²) in [6, 6.07) is 12.1. The highest BCUT2D eigenvalue weighted by Gasteiger charge is 2.18. The predicted molar refractivity (Wildman–Crippen MR) is 123 cm³/mol. The van der Waals surface area contributed by atoms with Crippen LogP contribution in [0.25, 0.3) is 0 Å². The Balaban J connectivity index is 1.95. The quantitative estimate of drug-likeness (QED) is 0.563. The van der Waals surface area contributed by atoms with Gasteiger partial charge in [0.05, 0.1) is 35.9 Å². The van der Waals surface area contributed by atoms with Crippen molar-refractivity contribution in [2.45, 2.75) is 78.0 Å². The minimum absolute atomic E-state index is 0.0304. The Morgan fingerprint density at radius 2 is 2.03 bits per heavy atom. The third kappa shape index (κ3) is 5.82. The number of hydrogen-bond donors (Lipinski definition) is 2. The minimum atomic E-state index is -0.120. The second-order valence-electron chi connectivity index (χ2n) is 8.30. The molecule has 30 heavy (non-hydrogen) atoms. The van der Waals surface area contributed by atoms with E-state index in [-0.39, 0.29) is 12.2 Å². The molecule has 3 unspecified atom stereocenters. The normalized spacial score (nSPS) is 20.3. The number of aromatic nitrogens is 1. The van der Waals surface area contributed by atoms with E-state index in [1.165, 1.54) is 19.3 Å². The van der Waals surface area contributed by atoms with E-state index in [1.807, 2.05) is 43.3 Å². The van der Waals surface area contributed by atoms with Crippen molar-refractivity contribution in [2.24, 2.45) is 0 Å². The van der Waals surface area contributed by atoms with Gasteiger partial charge in [-0.2, -0.15) is 0 Å². The van der Waals surface area contributed by atoms with Crippen molar-refractivity contribution >= 4 is 11.4 Å². The third-order valence-corrected chi connectivity index (χ3v) is 5.58. The molecule has 1 aromatic carbocycles. The van der Waals surface area contributed by atoms with Crippen LogP contribution in [0.4, 0.5) is 5.69 Å². The molecule has 0 aliphatic carbocycles. The van der Waals surface area contributed by atoms with Crippen molar-refractivity contribution in [1.29, 1.82) is 5.41 Å². The van der Waals surface area contributed by atoms with E-state index in [2.05, 4.69) is 26.1 Å². The van der Waals surface area contributed by atoms with Gasteiger partial charge in [-0.05, 0) is 57.5 Å². The molecule has 0 spiro atoms. The molecule has 0 radical (unpaired) electrons. The number of nitrogens with one attached hydrogen (secondary N) is 2. The van der Waals surface area contributed by atoms with E-state index in [0.717, 1.165) is 35.5 Å². The number of anilines is 1. The lowest BCUT2D eigenvalue weighted by Gasteiger charge is -2.20. The number of benzene rings is 1. The van der Waals surface area contributed by atoms with Crippen LogP contribution in [0.3, 0.4) is 0 Å². The van der Waals surface area contributed by atoms with Gasteiger partial charge in [0.1, 0.15) is 5.75 Å². The maximum atomic E-state index is 8.91. The van der Waals surface area contributed by atoms with E-state index in [0.29, 0.717) is 24.1 Å². The highest BCUT2D eigenvalue weighted by atomic mass is 16.5. The molecular formula is C25H35N3O2. The number of pyridine rings is 1. The number of ether oxygens (including phenoxy) is 2. The molecule has 2 heterocycles. The van der Waals surface area contributed by atoms with E-state index < -0.39 is 0 Å². The van der Waals surface area contributed by atoms with Gasteiger partial charge in [-0.3, -0.25) is 5.41 Å². The Labute approximate surface area is 180 Å². The van der Waals surface area contributed by atoms with E-state index >= 15 is 0 Å². The van der Waals surface area contributed by atoms with Crippen LogP contribution in [-0.4, -0.2) is 29.4 Å². The van der Waals surface area contributed by atoms with Crippen molar-refractivity contribution in [3.05, 3.63) is 53.3 Å². The second kappa shape index (κ2) is 10.6. The predicted octanol–water partition coefficient (Wildman–Crippen LogP) is 6.13. The van der Waals surface area contributed by atoms with Gasteiger partial charge in [0, 0.05) is 23.7 Å². The summed E-state index contributed by atoms with van der Waals surface area (Å²) < 4.78 is 12.1. The number of hydrogen-bond acceptors (Lipinski definition) is 5. The SMILES string of the molecule is CCCCCC(C)Nc1ccc2cc1C(=N)c1cccc(n1)C(C)OCCC(C)O2. The lowest BCUT2D eigenvalue weighted by Crippen LogP contribution is -2.18. The lowest BCUT2D eigenvalue weighted by atomic mass is 10.0. The van der Waals surface area contributed by atoms with Crippen molar-refractivity contribution in [3.63, 3.8) is 0 Å². The molecule has 0 fully saturated rings. The molecule has 2 N–H and O–H groups in total. The van der Waals surface area contributed by atoms with Gasteiger partial charge in [0.2, 0.25) is 0 Å². The summed E-state index contributed by atoms with van der Waals surface area (Å²) in [5.41, 5.74) is 3.66. The second-order valence-corrected chi connectivity index (χ2v) is 8.30. The van der Waals surface area contributed by atoms with Gasteiger partial charge in [0.15, 0.2) is 0 Å². The van der Waals surface area contributed by atoms with Gasteiger partial charge in [-0.1, -0.05) is 32.3 Å². The first-order valence-electron chi connectivity index (χ1n) is 11.2. The van der Waals surface area contributed by atoms with Gasteiger partial charge < -0.3 is 14.8 Å². The minimum Gasteiger partial charge on any atom is -0.491 e. The fourth-order valence-corrected chi connectivity index (χ4v) is 3.71. The van der Waals surface area contributed by atoms with Crippen LogP contribution in [0, 0.1) is 5.41 Å². The van der Waals surface area contributed by atoms with Gasteiger partial charge in [0.25, 0.3) is 0 Å². The number of fused-ring (bicyclic) bond motifs is 4. The van der Waals surface area contributed by atoms with Gasteiger partial charge in [-0.25, -0.2) is 4.98 Å². The highest BCUT2D eigenvalue weighted by molar-refractivity contribution is 6.13. The van der Waals surface area contributed by atoms with Crippen molar-refractivity contribution in [2.75, 3.05) is 11.9 Å². The molecule has 3 atom stereocenters. The smallest absolute Gasteiger partial charge is 0.120 e. The Morgan fingerprint density at radius 3 is 2.83 bits per heavy atom. The molecule has 1 aromatic heterocycles. The first-order valence-corrected chi connectivity index (χ1v) is 11.2. The molecule has 162 valence electrons. The first-order chi connectivity index (χ1) is 14.5. The maximum absolute atomic E-state index is 8.91. The summed E-state index contributed by atoms with van der Waals surface area (Å²) >= 11 is 0. The van der Waals surface area contributed by atoms with E-state index in [9.17, 15) is 0 Å². The molecule has 0 amide bonds. The summed E-state index contributed by atoms with van der Waals surface area (Å²) in [7, 11) is 0. The average molecular weight is 410 g/mol. The van der Waals surface area contributed by atoms with Crippen LogP contribution in [0.15, 0.2) is 36.4 Å². The zero-order chi connectivity index (χ0) is 21.5. The number of rotatable bonds is 6. The van der Waals surface area contributed by atoms with Gasteiger partial charge >= 0.3 is 0 Å². The summed E-state index contributed by atoms with van der Waals surface area (Å²) in [4.78, 5) is 4.73. The molecule has 5 nitrogen and oxygen atoms in total. The molecule has 2 aromatic rings. The molecule has 1 aliphatic heterocycles. The van der Waals surface area contributed by atoms with Crippen LogP contribution in [0.1, 0.15) is 82.9 Å². The molecule has 3 rings (SSSR count). The Morgan fingerprint density at radius 1 is 1.20 bits per heavy atom. The van der Waals surface area contributed by atoms with E-state index in [4.69, 9.17) is 19.9 Å². The highest BCUT2D eigenvalue weighted by Crippen LogP contribution is 2.28. The molecule has 0 saturated carbocycles. The van der Waals surface area contributed by atoms with Crippen LogP contribution in [0.5, 0.6) is 5.75 Å². The fourth-order valence-electron chi connectivity index (χ4n) is 3.71. The average Bonchev–Trinajstić information content (AvgIpc) is 2.74. The Bertz CT molecular complexity index is 852. The van der Waals surface area contributed by atoms with Gasteiger partial charge in [-0.15, -0.1) is 0 Å². The molecular weight excluding hydrogens is 374 g/mol. The van der Waals surface area contributed by atoms with Crippen LogP contribution in [-0.2, 0) is 4.74 Å². The summed E-state index contributed by atoms with van der Waals surface area (Å²) in [6.07, 6.45) is 5.49. The Kier molecular flexibility index (Phi) is 7.86. The van der Waals surface area contributed by atoms with E-state index in [1.54, 1.807) is 0 Å². The number of unbranched alkanes of at least 4 members (excludes halogenated alkanes) is 2. The summed E-state index contributed by atoms with van der Waals surface area (Å²) in [5.74, 6) is 0.773. The molecule has 1 aliphatic rings. The number of nitrogens with zero attached hydrogens (tertiary/aromatic N) is 1. The topological polar surface area (TPSA) is 67.2 Å². The lowest BCUT2D eigenvalue weighted by molar-refractivity contribution is 0.0431.